The highest BCUT2D eigenvalue weighted by Crippen LogP contribution is 2.58. The van der Waals surface area contributed by atoms with Crippen LogP contribution in [-0.4, -0.2) is 29.2 Å². The van der Waals surface area contributed by atoms with Crippen molar-refractivity contribution in [1.29, 1.82) is 0 Å². The molecule has 0 unspecified atom stereocenters. The Morgan fingerprint density at radius 1 is 1.39 bits per heavy atom. The number of hydrogen-bond acceptors (Lipinski definition) is 4. The largest absolute Gasteiger partial charge is 0.398 e. The number of anilines is 1. The van der Waals surface area contributed by atoms with Crippen LogP contribution in [0.15, 0.2) is 46.6 Å². The van der Waals surface area contributed by atoms with Crippen LogP contribution in [0.1, 0.15) is 42.6 Å². The first-order chi connectivity index (χ1) is 11.3. The quantitative estimate of drug-likeness (QED) is 0.650. The van der Waals surface area contributed by atoms with E-state index in [0.717, 1.165) is 37.4 Å². The molecule has 2 aliphatic heterocycles. The summed E-state index contributed by atoms with van der Waals surface area (Å²) in [5, 5.41) is 4.19. The van der Waals surface area contributed by atoms with Crippen LogP contribution < -0.4 is 5.73 Å². The van der Waals surface area contributed by atoms with Gasteiger partial charge in [0.2, 0.25) is 0 Å². The van der Waals surface area contributed by atoms with E-state index in [1.54, 1.807) is 0 Å². The van der Waals surface area contributed by atoms with Crippen LogP contribution in [-0.2, 0) is 5.41 Å². The van der Waals surface area contributed by atoms with Crippen LogP contribution in [0, 0.1) is 0 Å². The van der Waals surface area contributed by atoms with Crippen molar-refractivity contribution in [2.75, 3.05) is 18.8 Å². The Morgan fingerprint density at radius 3 is 3.09 bits per heavy atom. The van der Waals surface area contributed by atoms with E-state index in [-0.39, 0.29) is 5.41 Å². The maximum atomic E-state index is 6.39. The second-order valence-electron chi connectivity index (χ2n) is 7.06. The van der Waals surface area contributed by atoms with Gasteiger partial charge in [0.15, 0.2) is 5.76 Å². The number of rotatable bonds is 1. The van der Waals surface area contributed by atoms with Gasteiger partial charge in [-0.15, -0.1) is 0 Å². The molecule has 2 aromatic rings. The van der Waals surface area contributed by atoms with Gasteiger partial charge in [0, 0.05) is 36.3 Å². The van der Waals surface area contributed by atoms with E-state index in [1.165, 1.54) is 16.7 Å². The predicted octanol–water partition coefficient (Wildman–Crippen LogP) is 3.06. The van der Waals surface area contributed by atoms with Crippen LogP contribution in [0.4, 0.5) is 5.69 Å². The average Bonchev–Trinajstić information content (AvgIpc) is 3.20. The summed E-state index contributed by atoms with van der Waals surface area (Å²) in [6.07, 6.45) is 6.41. The summed E-state index contributed by atoms with van der Waals surface area (Å²) in [6, 6.07) is 8.74. The molecule has 3 heterocycles. The van der Waals surface area contributed by atoms with Crippen LogP contribution in [0.25, 0.3) is 0 Å². The zero-order chi connectivity index (χ0) is 15.6. The number of aromatic nitrogens is 1. The molecule has 1 aromatic heterocycles. The van der Waals surface area contributed by atoms with Gasteiger partial charge in [-0.1, -0.05) is 35.0 Å². The first kappa shape index (κ1) is 13.4. The highest BCUT2D eigenvalue weighted by molar-refractivity contribution is 5.59. The van der Waals surface area contributed by atoms with Crippen molar-refractivity contribution in [3.63, 3.8) is 0 Å². The van der Waals surface area contributed by atoms with Gasteiger partial charge in [-0.05, 0) is 31.4 Å². The molecular weight excluding hydrogens is 286 g/mol. The predicted molar refractivity (Wildman–Crippen MR) is 89.2 cm³/mol. The zero-order valence-electron chi connectivity index (χ0n) is 13.3. The lowest BCUT2D eigenvalue weighted by Crippen LogP contribution is -2.51. The molecule has 4 nitrogen and oxygen atoms in total. The Morgan fingerprint density at radius 2 is 2.26 bits per heavy atom. The summed E-state index contributed by atoms with van der Waals surface area (Å²) in [5.74, 6) is 1.51. The molecule has 1 aliphatic carbocycles. The van der Waals surface area contributed by atoms with Gasteiger partial charge in [-0.2, -0.15) is 0 Å². The Labute approximate surface area is 135 Å². The van der Waals surface area contributed by atoms with Crippen molar-refractivity contribution in [2.45, 2.75) is 37.1 Å². The molecule has 2 fully saturated rings. The fourth-order valence-corrected chi connectivity index (χ4v) is 5.27. The van der Waals surface area contributed by atoms with Gasteiger partial charge < -0.3 is 10.3 Å². The van der Waals surface area contributed by atoms with Gasteiger partial charge in [0.25, 0.3) is 0 Å². The number of para-hydroxylation sites is 1. The molecule has 3 atom stereocenters. The lowest BCUT2D eigenvalue weighted by Gasteiger charge is -2.48. The van der Waals surface area contributed by atoms with Crippen LogP contribution in [0.2, 0.25) is 0 Å². The van der Waals surface area contributed by atoms with E-state index in [4.69, 9.17) is 10.3 Å². The Balaban J connectivity index is 1.80. The smallest absolute Gasteiger partial charge is 0.152 e. The highest BCUT2D eigenvalue weighted by atomic mass is 16.5. The average molecular weight is 307 g/mol. The molecule has 0 saturated carbocycles. The molecule has 2 bridgehead atoms. The summed E-state index contributed by atoms with van der Waals surface area (Å²) in [4.78, 5) is 2.61. The van der Waals surface area contributed by atoms with Gasteiger partial charge in [0.1, 0.15) is 0 Å². The lowest BCUT2D eigenvalue weighted by molar-refractivity contribution is 0.154. The molecule has 0 radical (unpaired) electrons. The number of piperidine rings is 1. The molecule has 118 valence electrons. The third-order valence-electron chi connectivity index (χ3n) is 6.29. The van der Waals surface area contributed by atoms with Crippen LogP contribution in [0.3, 0.4) is 0 Å². The molecule has 0 amide bonds. The normalized spacial score (nSPS) is 33.9. The molecule has 1 aromatic carbocycles. The lowest BCUT2D eigenvalue weighted by atomic mass is 9.61. The Hall–Kier alpha value is -2.07. The first-order valence-electron chi connectivity index (χ1n) is 8.45. The van der Waals surface area contributed by atoms with E-state index in [2.05, 4.69) is 35.2 Å². The topological polar surface area (TPSA) is 55.3 Å². The minimum Gasteiger partial charge on any atom is -0.398 e. The van der Waals surface area contributed by atoms with Gasteiger partial charge in [-0.3, -0.25) is 4.90 Å². The third kappa shape index (κ3) is 1.52. The number of nitrogens with zero attached hydrogens (tertiary/aromatic N) is 2. The molecular formula is C19H21N3O. The van der Waals surface area contributed by atoms with E-state index in [9.17, 15) is 0 Å². The van der Waals surface area contributed by atoms with E-state index in [0.29, 0.717) is 12.0 Å². The van der Waals surface area contributed by atoms with Crippen LogP contribution >= 0.6 is 0 Å². The van der Waals surface area contributed by atoms with Crippen molar-refractivity contribution in [2.24, 2.45) is 0 Å². The molecule has 2 N–H and O–H groups in total. The SMILES string of the molecule is C/C=C1/CN2CC[C@]3(c4ccccc4N)c4oncc4[C@H]1C[C@H]23. The van der Waals surface area contributed by atoms with Crippen LogP contribution in [0.5, 0.6) is 0 Å². The second kappa shape index (κ2) is 4.48. The van der Waals surface area contributed by atoms with Crippen molar-refractivity contribution in [1.82, 2.24) is 10.1 Å². The minimum absolute atomic E-state index is 0.132. The number of nitrogens with two attached hydrogens (primary N) is 1. The molecule has 3 aliphatic rings. The monoisotopic (exact) mass is 307 g/mol. The Bertz CT molecular complexity index is 808. The number of allylic oxidation sites excluding steroid dienone is 1. The summed E-state index contributed by atoms with van der Waals surface area (Å²) < 4.78 is 5.87. The van der Waals surface area contributed by atoms with Gasteiger partial charge >= 0.3 is 0 Å². The maximum absolute atomic E-state index is 6.39. The third-order valence-corrected chi connectivity index (χ3v) is 6.29. The first-order valence-corrected chi connectivity index (χ1v) is 8.45. The summed E-state index contributed by atoms with van der Waals surface area (Å²) in [5.41, 5.74) is 11.1. The standard InChI is InChI=1S/C19H21N3O/c1-2-12-11-22-8-7-19(15-5-3-4-6-16(15)20)17(22)9-13(12)14-10-21-23-18(14)19/h2-6,10,13,17H,7-9,11,20H2,1H3/b12-2-/t13-,17-,19+/m0/s1. The van der Waals surface area contributed by atoms with Crippen molar-refractivity contribution >= 4 is 5.69 Å². The number of nitrogen functional groups attached to an aromatic ring is 1. The molecule has 5 rings (SSSR count). The molecule has 0 spiro atoms. The summed E-state index contributed by atoms with van der Waals surface area (Å²) >= 11 is 0. The van der Waals surface area contributed by atoms with Crippen molar-refractivity contribution in [3.05, 3.63) is 59.0 Å². The highest BCUT2D eigenvalue weighted by Gasteiger charge is 2.59. The summed E-state index contributed by atoms with van der Waals surface area (Å²) in [7, 11) is 0. The molecule has 4 heteroatoms. The number of hydrogen-bond donors (Lipinski definition) is 1. The second-order valence-corrected chi connectivity index (χ2v) is 7.06. The van der Waals surface area contributed by atoms with E-state index < -0.39 is 0 Å². The van der Waals surface area contributed by atoms with Crippen molar-refractivity contribution < 1.29 is 4.52 Å². The van der Waals surface area contributed by atoms with Gasteiger partial charge in [-0.25, -0.2) is 0 Å². The fraction of sp³-hybridized carbons (Fsp3) is 0.421. The maximum Gasteiger partial charge on any atom is 0.152 e. The van der Waals surface area contributed by atoms with E-state index >= 15 is 0 Å². The molecule has 23 heavy (non-hydrogen) atoms. The fourth-order valence-electron chi connectivity index (χ4n) is 5.27. The summed E-state index contributed by atoms with van der Waals surface area (Å²) in [6.45, 7) is 4.30. The zero-order valence-corrected chi connectivity index (χ0v) is 13.3. The van der Waals surface area contributed by atoms with E-state index in [1.807, 2.05) is 18.3 Å². The molecule has 2 saturated heterocycles. The van der Waals surface area contributed by atoms with Gasteiger partial charge in [0.05, 0.1) is 11.6 Å². The van der Waals surface area contributed by atoms with Crippen molar-refractivity contribution in [3.8, 4) is 0 Å². The Kier molecular flexibility index (Phi) is 2.61. The number of benzene rings is 1. The number of fused-ring (bicyclic) bond motifs is 4. The minimum atomic E-state index is -0.132.